The minimum absolute atomic E-state index is 0.440. The molecule has 1 saturated carbocycles. The number of fused-ring (bicyclic) bond motifs is 4. The van der Waals surface area contributed by atoms with E-state index in [1.807, 2.05) is 6.08 Å². The van der Waals surface area contributed by atoms with Crippen LogP contribution in [0.25, 0.3) is 44.2 Å². The van der Waals surface area contributed by atoms with Crippen molar-refractivity contribution in [2.24, 2.45) is 11.8 Å². The summed E-state index contributed by atoms with van der Waals surface area (Å²) in [4.78, 5) is 2.36. The van der Waals surface area contributed by atoms with Crippen molar-refractivity contribution in [3.63, 3.8) is 0 Å². The molecule has 0 radical (unpaired) electrons. The standard InChI is InChI=1S/C54H48N2O/c1-5-7-22-43(17-6-2)56(44-23-12-9-13-24-44)50-32-29-40(33-36(50)3)47-35-48-45-25-14-15-26-51(45)57-54(48)37(4)52(47)53-46-34-41(46)28-31-49(53)55-42-21-16-20-39(27-30-42)38-18-10-8-11-19-38/h5-6,8-19,21-33,35,41,46,55H,1,7,20,34H2,2-4H3/b17-6-,43-22+. The van der Waals surface area contributed by atoms with Gasteiger partial charge < -0.3 is 14.6 Å². The van der Waals surface area contributed by atoms with E-state index in [4.69, 9.17) is 4.42 Å². The van der Waals surface area contributed by atoms with Crippen molar-refractivity contribution in [1.82, 2.24) is 5.32 Å². The molecule has 3 heteroatoms. The molecule has 3 nitrogen and oxygen atoms in total. The molecule has 0 bridgehead atoms. The van der Waals surface area contributed by atoms with Crippen molar-refractivity contribution < 1.29 is 4.42 Å². The largest absolute Gasteiger partial charge is 0.456 e. The van der Waals surface area contributed by atoms with Crippen LogP contribution in [-0.4, -0.2) is 0 Å². The molecule has 0 saturated heterocycles. The number of hydrogen-bond acceptors (Lipinski definition) is 3. The molecule has 1 heterocycles. The van der Waals surface area contributed by atoms with Gasteiger partial charge in [0.2, 0.25) is 0 Å². The van der Waals surface area contributed by atoms with Crippen LogP contribution in [0.5, 0.6) is 0 Å². The van der Waals surface area contributed by atoms with Crippen LogP contribution in [0.4, 0.5) is 11.4 Å². The molecule has 3 aliphatic rings. The molecule has 0 aliphatic heterocycles. The van der Waals surface area contributed by atoms with Gasteiger partial charge >= 0.3 is 0 Å². The minimum atomic E-state index is 0.440. The first kappa shape index (κ1) is 36.1. The number of nitrogens with one attached hydrogen (secondary N) is 1. The van der Waals surface area contributed by atoms with E-state index in [0.29, 0.717) is 11.8 Å². The molecular weight excluding hydrogens is 693 g/mol. The Morgan fingerprint density at radius 2 is 1.65 bits per heavy atom. The van der Waals surface area contributed by atoms with Crippen molar-refractivity contribution >= 4 is 44.5 Å². The molecule has 1 N–H and O–H groups in total. The maximum atomic E-state index is 6.70. The molecule has 2 unspecified atom stereocenters. The lowest BCUT2D eigenvalue weighted by molar-refractivity contribution is 0.665. The summed E-state index contributed by atoms with van der Waals surface area (Å²) in [6, 6.07) is 39.1. The number of furan rings is 1. The molecular formula is C54H48N2O. The highest BCUT2D eigenvalue weighted by atomic mass is 16.3. The summed E-state index contributed by atoms with van der Waals surface area (Å²) in [6.07, 6.45) is 25.0. The van der Waals surface area contributed by atoms with Gasteiger partial charge in [0.15, 0.2) is 0 Å². The van der Waals surface area contributed by atoms with E-state index < -0.39 is 0 Å². The van der Waals surface area contributed by atoms with E-state index >= 15 is 0 Å². The van der Waals surface area contributed by atoms with Gasteiger partial charge in [-0.05, 0) is 152 Å². The van der Waals surface area contributed by atoms with Crippen LogP contribution in [0.3, 0.4) is 0 Å². The first-order valence-electron chi connectivity index (χ1n) is 20.2. The van der Waals surface area contributed by atoms with Crippen LogP contribution in [-0.2, 0) is 0 Å². The molecule has 0 amide bonds. The molecule has 1 aromatic heterocycles. The number of hydrogen-bond donors (Lipinski definition) is 1. The second-order valence-corrected chi connectivity index (χ2v) is 15.3. The zero-order chi connectivity index (χ0) is 38.9. The monoisotopic (exact) mass is 740 g/mol. The summed E-state index contributed by atoms with van der Waals surface area (Å²) >= 11 is 0. The fourth-order valence-corrected chi connectivity index (χ4v) is 8.71. The Kier molecular flexibility index (Phi) is 9.82. The van der Waals surface area contributed by atoms with Gasteiger partial charge in [0.1, 0.15) is 11.2 Å². The summed E-state index contributed by atoms with van der Waals surface area (Å²) in [6.45, 7) is 10.6. The number of aryl methyl sites for hydroxylation is 2. The summed E-state index contributed by atoms with van der Waals surface area (Å²) in [7, 11) is 0. The van der Waals surface area contributed by atoms with Gasteiger partial charge in [0.05, 0.1) is 0 Å². The highest BCUT2D eigenvalue weighted by molar-refractivity contribution is 6.10. The highest BCUT2D eigenvalue weighted by Gasteiger charge is 2.43. The SMILES string of the molecule is C=CC/C=C(\C=C/C)N(c1ccccc1)c1ccc(-c2cc3c(oc4ccccc43)c(C)c2C2=C(NC3=CC=C(c4ccccc4)CC=C3)C=CC3CC23)cc1C. The minimum Gasteiger partial charge on any atom is -0.456 e. The van der Waals surface area contributed by atoms with E-state index in [2.05, 4.69) is 201 Å². The third-order valence-corrected chi connectivity index (χ3v) is 11.6. The lowest BCUT2D eigenvalue weighted by atomic mass is 9.84. The van der Waals surface area contributed by atoms with Gasteiger partial charge in [-0.1, -0.05) is 109 Å². The zero-order valence-corrected chi connectivity index (χ0v) is 33.0. The number of rotatable bonds is 11. The second kappa shape index (κ2) is 15.5. The van der Waals surface area contributed by atoms with Crippen molar-refractivity contribution in [3.05, 3.63) is 216 Å². The smallest absolute Gasteiger partial charge is 0.138 e. The Labute approximate surface area is 336 Å². The summed E-state index contributed by atoms with van der Waals surface area (Å²) in [5, 5.41) is 6.21. The maximum absolute atomic E-state index is 6.70. The average molecular weight is 741 g/mol. The number of nitrogens with zero attached hydrogens (tertiary/aromatic N) is 1. The van der Waals surface area contributed by atoms with Crippen LogP contribution in [0.2, 0.25) is 0 Å². The van der Waals surface area contributed by atoms with E-state index in [1.165, 1.54) is 44.5 Å². The van der Waals surface area contributed by atoms with E-state index in [1.54, 1.807) is 0 Å². The number of benzene rings is 5. The predicted octanol–water partition coefficient (Wildman–Crippen LogP) is 14.5. The summed E-state index contributed by atoms with van der Waals surface area (Å²) in [5.74, 6) is 0.984. The van der Waals surface area contributed by atoms with Gasteiger partial charge in [0, 0.05) is 44.8 Å². The lowest BCUT2D eigenvalue weighted by Gasteiger charge is -2.29. The lowest BCUT2D eigenvalue weighted by Crippen LogP contribution is -2.16. The first-order chi connectivity index (χ1) is 28.0. The van der Waals surface area contributed by atoms with Gasteiger partial charge in [-0.25, -0.2) is 0 Å². The van der Waals surface area contributed by atoms with Crippen molar-refractivity contribution in [2.75, 3.05) is 4.90 Å². The van der Waals surface area contributed by atoms with Crippen LogP contribution < -0.4 is 10.2 Å². The summed E-state index contributed by atoms with van der Waals surface area (Å²) < 4.78 is 6.70. The van der Waals surface area contributed by atoms with Gasteiger partial charge in [-0.2, -0.15) is 0 Å². The van der Waals surface area contributed by atoms with Crippen molar-refractivity contribution in [2.45, 2.75) is 40.0 Å². The number of anilines is 2. The van der Waals surface area contributed by atoms with Crippen LogP contribution in [0, 0.1) is 25.7 Å². The molecule has 1 fully saturated rings. The molecule has 3 aliphatic carbocycles. The first-order valence-corrected chi connectivity index (χ1v) is 20.2. The Bertz CT molecular complexity index is 2730. The highest BCUT2D eigenvalue weighted by Crippen LogP contribution is 2.56. The average Bonchev–Trinajstić information content (AvgIpc) is 3.99. The number of allylic oxidation sites excluding steroid dienone is 12. The maximum Gasteiger partial charge on any atom is 0.138 e. The Hall–Kier alpha value is -6.58. The van der Waals surface area contributed by atoms with Crippen molar-refractivity contribution in [3.8, 4) is 11.1 Å². The van der Waals surface area contributed by atoms with E-state index in [9.17, 15) is 0 Å². The molecule has 280 valence electrons. The van der Waals surface area contributed by atoms with Gasteiger partial charge in [-0.3, -0.25) is 0 Å². The Balaban J connectivity index is 1.21. The third-order valence-electron chi connectivity index (χ3n) is 11.6. The van der Waals surface area contributed by atoms with Crippen LogP contribution in [0.15, 0.2) is 198 Å². The predicted molar refractivity (Wildman–Crippen MR) is 242 cm³/mol. The zero-order valence-electron chi connectivity index (χ0n) is 33.0. The molecule has 6 aromatic rings. The molecule has 0 spiro atoms. The fraction of sp³-hybridized carbons (Fsp3) is 0.148. The molecule has 9 rings (SSSR count). The topological polar surface area (TPSA) is 28.4 Å². The quantitative estimate of drug-likeness (QED) is 0.106. The third kappa shape index (κ3) is 6.95. The van der Waals surface area contributed by atoms with Gasteiger partial charge in [0.25, 0.3) is 0 Å². The Morgan fingerprint density at radius 3 is 2.44 bits per heavy atom. The molecule has 5 aromatic carbocycles. The molecule has 57 heavy (non-hydrogen) atoms. The van der Waals surface area contributed by atoms with Gasteiger partial charge in [-0.15, -0.1) is 6.58 Å². The Morgan fingerprint density at radius 1 is 0.860 bits per heavy atom. The second-order valence-electron chi connectivity index (χ2n) is 15.3. The van der Waals surface area contributed by atoms with Crippen LogP contribution in [0.1, 0.15) is 48.4 Å². The van der Waals surface area contributed by atoms with E-state index in [0.717, 1.165) is 69.7 Å². The number of para-hydroxylation sites is 2. The fourth-order valence-electron chi connectivity index (χ4n) is 8.71. The van der Waals surface area contributed by atoms with E-state index in [-0.39, 0.29) is 0 Å². The molecule has 2 atom stereocenters. The summed E-state index contributed by atoms with van der Waals surface area (Å²) in [5.41, 5.74) is 17.5. The van der Waals surface area contributed by atoms with Crippen LogP contribution >= 0.6 is 0 Å². The normalized spacial score (nSPS) is 17.8. The van der Waals surface area contributed by atoms with Crippen molar-refractivity contribution in [1.29, 1.82) is 0 Å².